The van der Waals surface area contributed by atoms with E-state index in [1.54, 1.807) is 25.3 Å². The van der Waals surface area contributed by atoms with E-state index in [-0.39, 0.29) is 12.6 Å². The van der Waals surface area contributed by atoms with Gasteiger partial charge in [0.25, 0.3) is 0 Å². The molecule has 0 spiro atoms. The molecule has 0 amide bonds. The van der Waals surface area contributed by atoms with Gasteiger partial charge in [0.05, 0.1) is 6.26 Å². The van der Waals surface area contributed by atoms with Crippen LogP contribution in [0.25, 0.3) is 11.0 Å². The average molecular weight is 234 g/mol. The summed E-state index contributed by atoms with van der Waals surface area (Å²) in [6, 6.07) is 5.38. The van der Waals surface area contributed by atoms with Crippen molar-refractivity contribution in [2.45, 2.75) is 19.8 Å². The van der Waals surface area contributed by atoms with Gasteiger partial charge in [0.15, 0.2) is 11.3 Å². The quantitative estimate of drug-likeness (QED) is 0.651. The number of carbonyl (C=O) groups is 1. The van der Waals surface area contributed by atoms with Crippen molar-refractivity contribution < 1.29 is 19.1 Å². The molecule has 90 valence electrons. The molecular weight excluding hydrogens is 220 g/mol. The van der Waals surface area contributed by atoms with Crippen LogP contribution in [-0.2, 0) is 11.2 Å². The van der Waals surface area contributed by atoms with Gasteiger partial charge >= 0.3 is 5.97 Å². The van der Waals surface area contributed by atoms with Crippen LogP contribution in [0.2, 0.25) is 0 Å². The smallest absolute Gasteiger partial charge is 0.311 e. The Morgan fingerprint density at radius 2 is 2.29 bits per heavy atom. The summed E-state index contributed by atoms with van der Waals surface area (Å²) < 4.78 is 10.6. The molecule has 0 unspecified atom stereocenters. The van der Waals surface area contributed by atoms with E-state index < -0.39 is 0 Å². The predicted molar refractivity (Wildman–Crippen MR) is 62.9 cm³/mol. The van der Waals surface area contributed by atoms with Gasteiger partial charge in [-0.1, -0.05) is 19.1 Å². The molecule has 1 heterocycles. The number of benzene rings is 1. The number of hydrogen-bond acceptors (Lipinski definition) is 4. The molecule has 17 heavy (non-hydrogen) atoms. The highest BCUT2D eigenvalue weighted by Gasteiger charge is 2.12. The SMILES string of the molecule is CCC(=O)Oc1cccc2c(CCO)coc12. The Labute approximate surface area is 98.8 Å². The van der Waals surface area contributed by atoms with Crippen LogP contribution in [-0.4, -0.2) is 17.7 Å². The van der Waals surface area contributed by atoms with Crippen LogP contribution in [0.4, 0.5) is 0 Å². The highest BCUT2D eigenvalue weighted by Crippen LogP contribution is 2.30. The number of fused-ring (bicyclic) bond motifs is 1. The molecule has 4 nitrogen and oxygen atoms in total. The Morgan fingerprint density at radius 1 is 1.47 bits per heavy atom. The molecule has 0 fully saturated rings. The minimum absolute atomic E-state index is 0.0631. The fourth-order valence-corrected chi connectivity index (χ4v) is 1.67. The number of aliphatic hydroxyl groups is 1. The fraction of sp³-hybridized carbons (Fsp3) is 0.308. The van der Waals surface area contributed by atoms with Crippen LogP contribution in [0.5, 0.6) is 5.75 Å². The molecular formula is C13H14O4. The lowest BCUT2D eigenvalue weighted by atomic mass is 10.1. The summed E-state index contributed by atoms with van der Waals surface area (Å²) in [5.74, 6) is 0.135. The van der Waals surface area contributed by atoms with Crippen molar-refractivity contribution in [3.05, 3.63) is 30.0 Å². The summed E-state index contributed by atoms with van der Waals surface area (Å²) in [5, 5.41) is 9.80. The molecule has 0 atom stereocenters. The minimum atomic E-state index is -0.294. The average Bonchev–Trinajstić information content (AvgIpc) is 2.74. The van der Waals surface area contributed by atoms with Crippen molar-refractivity contribution in [1.29, 1.82) is 0 Å². The summed E-state index contributed by atoms with van der Waals surface area (Å²) in [5.41, 5.74) is 1.47. The van der Waals surface area contributed by atoms with Gasteiger partial charge in [0, 0.05) is 24.0 Å². The first kappa shape index (κ1) is 11.7. The molecule has 0 aliphatic heterocycles. The number of esters is 1. The molecule has 0 radical (unpaired) electrons. The second-order valence-corrected chi connectivity index (χ2v) is 3.70. The molecule has 1 aromatic heterocycles. The number of hydrogen-bond donors (Lipinski definition) is 1. The standard InChI is InChI=1S/C13H14O4/c1-2-12(15)17-11-5-3-4-10-9(6-7-14)8-16-13(10)11/h3-5,8,14H,2,6-7H2,1H3. The Kier molecular flexibility index (Phi) is 3.44. The maximum Gasteiger partial charge on any atom is 0.311 e. The number of ether oxygens (including phenoxy) is 1. The van der Waals surface area contributed by atoms with Crippen LogP contribution >= 0.6 is 0 Å². The van der Waals surface area contributed by atoms with E-state index in [1.165, 1.54) is 0 Å². The number of rotatable bonds is 4. The molecule has 1 aromatic carbocycles. The van der Waals surface area contributed by atoms with Gasteiger partial charge in [-0.25, -0.2) is 0 Å². The van der Waals surface area contributed by atoms with Gasteiger partial charge in [0.2, 0.25) is 0 Å². The van der Waals surface area contributed by atoms with Crippen molar-refractivity contribution >= 4 is 16.9 Å². The van der Waals surface area contributed by atoms with Crippen molar-refractivity contribution in [2.24, 2.45) is 0 Å². The predicted octanol–water partition coefficient (Wildman–Crippen LogP) is 2.28. The van der Waals surface area contributed by atoms with E-state index >= 15 is 0 Å². The number of para-hydroxylation sites is 1. The normalized spacial score (nSPS) is 10.7. The van der Waals surface area contributed by atoms with Crippen LogP contribution in [0.15, 0.2) is 28.9 Å². The van der Waals surface area contributed by atoms with E-state index in [1.807, 2.05) is 6.07 Å². The molecule has 4 heteroatoms. The summed E-state index contributed by atoms with van der Waals surface area (Å²) in [6.45, 7) is 1.80. The van der Waals surface area contributed by atoms with Gasteiger partial charge in [-0.15, -0.1) is 0 Å². The van der Waals surface area contributed by atoms with E-state index in [2.05, 4.69) is 0 Å². The fourth-order valence-electron chi connectivity index (χ4n) is 1.67. The van der Waals surface area contributed by atoms with E-state index in [0.717, 1.165) is 10.9 Å². The first-order valence-electron chi connectivity index (χ1n) is 5.57. The first-order valence-corrected chi connectivity index (χ1v) is 5.57. The maximum absolute atomic E-state index is 11.3. The molecule has 0 bridgehead atoms. The zero-order chi connectivity index (χ0) is 12.3. The van der Waals surface area contributed by atoms with E-state index in [4.69, 9.17) is 14.3 Å². The topological polar surface area (TPSA) is 59.7 Å². The van der Waals surface area contributed by atoms with Crippen LogP contribution in [0, 0.1) is 0 Å². The maximum atomic E-state index is 11.3. The van der Waals surface area contributed by atoms with Gasteiger partial charge in [0.1, 0.15) is 0 Å². The zero-order valence-electron chi connectivity index (χ0n) is 9.60. The van der Waals surface area contributed by atoms with Gasteiger partial charge in [-0.05, 0) is 12.5 Å². The van der Waals surface area contributed by atoms with E-state index in [9.17, 15) is 4.79 Å². The molecule has 0 saturated heterocycles. The number of aliphatic hydroxyl groups excluding tert-OH is 1. The van der Waals surface area contributed by atoms with Crippen molar-refractivity contribution in [3.8, 4) is 5.75 Å². The van der Waals surface area contributed by atoms with Crippen LogP contribution < -0.4 is 4.74 Å². The third-order valence-electron chi connectivity index (χ3n) is 2.54. The summed E-state index contributed by atoms with van der Waals surface area (Å²) in [6.07, 6.45) is 2.43. The lowest BCUT2D eigenvalue weighted by Gasteiger charge is -2.02. The second-order valence-electron chi connectivity index (χ2n) is 3.70. The zero-order valence-corrected chi connectivity index (χ0v) is 9.60. The summed E-state index contributed by atoms with van der Waals surface area (Å²) >= 11 is 0. The Bertz CT molecular complexity index is 527. The Balaban J connectivity index is 2.40. The highest BCUT2D eigenvalue weighted by atomic mass is 16.5. The Hall–Kier alpha value is -1.81. The third-order valence-corrected chi connectivity index (χ3v) is 2.54. The minimum Gasteiger partial charge on any atom is -0.460 e. The van der Waals surface area contributed by atoms with Gasteiger partial charge < -0.3 is 14.3 Å². The highest BCUT2D eigenvalue weighted by molar-refractivity contribution is 5.88. The number of furan rings is 1. The number of carbonyl (C=O) groups excluding carboxylic acids is 1. The third kappa shape index (κ3) is 2.31. The van der Waals surface area contributed by atoms with Crippen molar-refractivity contribution in [3.63, 3.8) is 0 Å². The molecule has 0 aliphatic rings. The van der Waals surface area contributed by atoms with Crippen LogP contribution in [0.3, 0.4) is 0 Å². The molecule has 2 rings (SSSR count). The van der Waals surface area contributed by atoms with Gasteiger partial charge in [-0.3, -0.25) is 4.79 Å². The monoisotopic (exact) mass is 234 g/mol. The lowest BCUT2D eigenvalue weighted by Crippen LogP contribution is -2.05. The lowest BCUT2D eigenvalue weighted by molar-refractivity contribution is -0.133. The van der Waals surface area contributed by atoms with Crippen molar-refractivity contribution in [1.82, 2.24) is 0 Å². The van der Waals surface area contributed by atoms with Gasteiger partial charge in [-0.2, -0.15) is 0 Å². The Morgan fingerprint density at radius 3 is 3.00 bits per heavy atom. The largest absolute Gasteiger partial charge is 0.460 e. The second kappa shape index (κ2) is 5.01. The molecule has 0 saturated carbocycles. The van der Waals surface area contributed by atoms with Crippen molar-refractivity contribution in [2.75, 3.05) is 6.61 Å². The molecule has 2 aromatic rings. The van der Waals surface area contributed by atoms with Crippen LogP contribution in [0.1, 0.15) is 18.9 Å². The molecule has 1 N–H and O–H groups in total. The van der Waals surface area contributed by atoms with E-state index in [0.29, 0.717) is 24.2 Å². The summed E-state index contributed by atoms with van der Waals surface area (Å²) in [7, 11) is 0. The first-order chi connectivity index (χ1) is 8.26. The summed E-state index contributed by atoms with van der Waals surface area (Å²) in [4.78, 5) is 11.3. The molecule has 0 aliphatic carbocycles.